The Kier molecular flexibility index (Phi) is 4.79. The highest BCUT2D eigenvalue weighted by Gasteiger charge is 2.12. The van der Waals surface area contributed by atoms with Crippen molar-refractivity contribution in [1.29, 1.82) is 0 Å². The number of ether oxygens (including phenoxy) is 1. The molecule has 0 saturated heterocycles. The van der Waals surface area contributed by atoms with Crippen LogP contribution in [0.4, 0.5) is 5.69 Å². The number of anilines is 1. The van der Waals surface area contributed by atoms with Gasteiger partial charge in [0.2, 0.25) is 10.0 Å². The minimum atomic E-state index is -3.36. The molecule has 0 saturated carbocycles. The quantitative estimate of drug-likeness (QED) is 0.907. The standard InChI is InChI=1S/C16H20N2O4S/c1-5-23(20,21)17-13-6-7-15(22-4)14(9-13)12-8-11(2)16(19)18(3)10-12/h6-10,17H,5H2,1-4H3. The van der Waals surface area contributed by atoms with Crippen LogP contribution in [0.5, 0.6) is 5.75 Å². The predicted octanol–water partition coefficient (Wildman–Crippen LogP) is 2.13. The molecular formula is C16H20N2O4S. The molecule has 6 nitrogen and oxygen atoms in total. The number of benzene rings is 1. The van der Waals surface area contributed by atoms with Crippen LogP contribution in [0.1, 0.15) is 12.5 Å². The van der Waals surface area contributed by atoms with E-state index in [9.17, 15) is 13.2 Å². The lowest BCUT2D eigenvalue weighted by Gasteiger charge is -2.13. The highest BCUT2D eigenvalue weighted by atomic mass is 32.2. The molecular weight excluding hydrogens is 316 g/mol. The van der Waals surface area contributed by atoms with Gasteiger partial charge in [0.15, 0.2) is 0 Å². The van der Waals surface area contributed by atoms with Crippen LogP contribution >= 0.6 is 0 Å². The van der Waals surface area contributed by atoms with Gasteiger partial charge in [-0.25, -0.2) is 8.42 Å². The molecule has 0 atom stereocenters. The zero-order valence-electron chi connectivity index (χ0n) is 13.6. The SMILES string of the molecule is CCS(=O)(=O)Nc1ccc(OC)c(-c2cc(C)c(=O)n(C)c2)c1. The fourth-order valence-corrected chi connectivity index (χ4v) is 2.90. The van der Waals surface area contributed by atoms with Gasteiger partial charge in [0.1, 0.15) is 5.75 Å². The molecule has 1 aromatic carbocycles. The number of sulfonamides is 1. The van der Waals surface area contributed by atoms with Crippen LogP contribution in [-0.4, -0.2) is 25.8 Å². The van der Waals surface area contributed by atoms with Crippen LogP contribution in [0.25, 0.3) is 11.1 Å². The van der Waals surface area contributed by atoms with Gasteiger partial charge in [0.25, 0.3) is 5.56 Å². The third kappa shape index (κ3) is 3.73. The summed E-state index contributed by atoms with van der Waals surface area (Å²) in [5.41, 5.74) is 2.47. The first-order valence-corrected chi connectivity index (χ1v) is 8.79. The van der Waals surface area contributed by atoms with Gasteiger partial charge in [0, 0.05) is 35.6 Å². The van der Waals surface area contributed by atoms with E-state index >= 15 is 0 Å². The maximum Gasteiger partial charge on any atom is 0.253 e. The third-order valence-corrected chi connectivity index (χ3v) is 4.83. The molecule has 0 fully saturated rings. The van der Waals surface area contributed by atoms with Crippen LogP contribution in [0.2, 0.25) is 0 Å². The zero-order chi connectivity index (χ0) is 17.2. The van der Waals surface area contributed by atoms with Crippen molar-refractivity contribution in [2.75, 3.05) is 17.6 Å². The normalized spacial score (nSPS) is 11.3. The summed E-state index contributed by atoms with van der Waals surface area (Å²) in [6, 6.07) is 6.80. The van der Waals surface area contributed by atoms with E-state index < -0.39 is 10.0 Å². The van der Waals surface area contributed by atoms with Crippen LogP contribution < -0.4 is 15.0 Å². The summed E-state index contributed by atoms with van der Waals surface area (Å²) in [6.45, 7) is 3.31. The van der Waals surface area contributed by atoms with Gasteiger partial charge in [-0.1, -0.05) is 0 Å². The Balaban J connectivity index is 2.59. The molecule has 1 N–H and O–H groups in total. The molecule has 0 aliphatic carbocycles. The lowest BCUT2D eigenvalue weighted by Crippen LogP contribution is -2.18. The molecule has 0 spiro atoms. The molecule has 0 amide bonds. The number of aryl methyl sites for hydroxylation is 2. The van der Waals surface area contributed by atoms with Gasteiger partial charge >= 0.3 is 0 Å². The molecule has 0 aliphatic rings. The highest BCUT2D eigenvalue weighted by Crippen LogP contribution is 2.32. The van der Waals surface area contributed by atoms with Crippen LogP contribution in [0.3, 0.4) is 0 Å². The number of pyridine rings is 1. The third-order valence-electron chi connectivity index (χ3n) is 3.53. The predicted molar refractivity (Wildman–Crippen MR) is 91.5 cm³/mol. The van der Waals surface area contributed by atoms with Crippen molar-refractivity contribution in [3.05, 3.63) is 46.4 Å². The molecule has 0 unspecified atom stereocenters. The lowest BCUT2D eigenvalue weighted by atomic mass is 10.0. The topological polar surface area (TPSA) is 77.4 Å². The molecule has 7 heteroatoms. The fourth-order valence-electron chi connectivity index (χ4n) is 2.27. The Hall–Kier alpha value is -2.28. The Bertz CT molecular complexity index is 859. The lowest BCUT2D eigenvalue weighted by molar-refractivity contribution is 0.416. The van der Waals surface area contributed by atoms with Gasteiger partial charge in [-0.3, -0.25) is 9.52 Å². The first-order chi connectivity index (χ1) is 10.8. The van der Waals surface area contributed by atoms with E-state index in [-0.39, 0.29) is 11.3 Å². The molecule has 1 aromatic heterocycles. The summed E-state index contributed by atoms with van der Waals surface area (Å²) < 4.78 is 32.8. The minimum Gasteiger partial charge on any atom is -0.496 e. The van der Waals surface area contributed by atoms with Crippen molar-refractivity contribution in [1.82, 2.24) is 4.57 Å². The molecule has 1 heterocycles. The number of rotatable bonds is 5. The van der Waals surface area contributed by atoms with Gasteiger partial charge in [-0.05, 0) is 38.1 Å². The van der Waals surface area contributed by atoms with E-state index in [0.29, 0.717) is 22.6 Å². The zero-order valence-corrected chi connectivity index (χ0v) is 14.4. The fraction of sp³-hybridized carbons (Fsp3) is 0.312. The average molecular weight is 336 g/mol. The smallest absolute Gasteiger partial charge is 0.253 e. The maximum atomic E-state index is 11.8. The Morgan fingerprint density at radius 3 is 2.52 bits per heavy atom. The first kappa shape index (κ1) is 17.1. The monoisotopic (exact) mass is 336 g/mol. The number of nitrogens with zero attached hydrogens (tertiary/aromatic N) is 1. The van der Waals surface area contributed by atoms with E-state index in [0.717, 1.165) is 5.56 Å². The summed E-state index contributed by atoms with van der Waals surface area (Å²) in [7, 11) is -0.139. The largest absolute Gasteiger partial charge is 0.496 e. The second-order valence-corrected chi connectivity index (χ2v) is 7.26. The van der Waals surface area contributed by atoms with E-state index in [4.69, 9.17) is 4.74 Å². The molecule has 23 heavy (non-hydrogen) atoms. The van der Waals surface area contributed by atoms with E-state index in [1.54, 1.807) is 58.5 Å². The molecule has 2 rings (SSSR count). The number of nitrogens with one attached hydrogen (secondary N) is 1. The Morgan fingerprint density at radius 1 is 1.26 bits per heavy atom. The van der Waals surface area contributed by atoms with E-state index in [1.807, 2.05) is 0 Å². The van der Waals surface area contributed by atoms with Crippen molar-refractivity contribution < 1.29 is 13.2 Å². The van der Waals surface area contributed by atoms with Crippen molar-refractivity contribution in [3.63, 3.8) is 0 Å². The molecule has 124 valence electrons. The van der Waals surface area contributed by atoms with Crippen molar-refractivity contribution >= 4 is 15.7 Å². The second kappa shape index (κ2) is 6.45. The highest BCUT2D eigenvalue weighted by molar-refractivity contribution is 7.92. The summed E-state index contributed by atoms with van der Waals surface area (Å²) in [5, 5.41) is 0. The average Bonchev–Trinajstić information content (AvgIpc) is 2.51. The number of hydrogen-bond acceptors (Lipinski definition) is 4. The molecule has 2 aromatic rings. The summed E-state index contributed by atoms with van der Waals surface area (Å²) in [4.78, 5) is 11.8. The summed E-state index contributed by atoms with van der Waals surface area (Å²) >= 11 is 0. The summed E-state index contributed by atoms with van der Waals surface area (Å²) in [5.74, 6) is 0.593. The Morgan fingerprint density at radius 2 is 1.96 bits per heavy atom. The van der Waals surface area contributed by atoms with E-state index in [1.165, 1.54) is 4.57 Å². The van der Waals surface area contributed by atoms with Crippen LogP contribution in [0, 0.1) is 6.92 Å². The van der Waals surface area contributed by atoms with Crippen LogP contribution in [0.15, 0.2) is 35.3 Å². The maximum absolute atomic E-state index is 11.8. The Labute approximate surface area is 135 Å². The molecule has 0 bridgehead atoms. The van der Waals surface area contributed by atoms with Crippen molar-refractivity contribution in [2.45, 2.75) is 13.8 Å². The number of methoxy groups -OCH3 is 1. The van der Waals surface area contributed by atoms with Gasteiger partial charge in [-0.15, -0.1) is 0 Å². The van der Waals surface area contributed by atoms with E-state index in [2.05, 4.69) is 4.72 Å². The van der Waals surface area contributed by atoms with Gasteiger partial charge in [0.05, 0.1) is 12.9 Å². The second-order valence-electron chi connectivity index (χ2n) is 5.25. The molecule has 0 aliphatic heterocycles. The van der Waals surface area contributed by atoms with Crippen molar-refractivity contribution in [3.8, 4) is 16.9 Å². The number of hydrogen-bond donors (Lipinski definition) is 1. The van der Waals surface area contributed by atoms with Crippen molar-refractivity contribution in [2.24, 2.45) is 7.05 Å². The summed E-state index contributed by atoms with van der Waals surface area (Å²) in [6.07, 6.45) is 1.70. The number of aromatic nitrogens is 1. The van der Waals surface area contributed by atoms with Gasteiger partial charge < -0.3 is 9.30 Å². The first-order valence-electron chi connectivity index (χ1n) is 7.13. The molecule has 0 radical (unpaired) electrons. The van der Waals surface area contributed by atoms with Gasteiger partial charge in [-0.2, -0.15) is 0 Å². The van der Waals surface area contributed by atoms with Crippen LogP contribution in [-0.2, 0) is 17.1 Å². The minimum absolute atomic E-state index is 0.00664.